The van der Waals surface area contributed by atoms with Crippen molar-refractivity contribution in [3.63, 3.8) is 0 Å². The number of rotatable bonds is 3. The molecular formula is C13H12ClFN2. The van der Waals surface area contributed by atoms with Crippen molar-refractivity contribution in [3.05, 3.63) is 64.7 Å². The maximum Gasteiger partial charge on any atom is 0.127 e. The van der Waals surface area contributed by atoms with Gasteiger partial charge >= 0.3 is 0 Å². The molecule has 17 heavy (non-hydrogen) atoms. The van der Waals surface area contributed by atoms with Crippen LogP contribution in [-0.4, -0.2) is 4.98 Å². The van der Waals surface area contributed by atoms with Gasteiger partial charge in [-0.2, -0.15) is 0 Å². The highest BCUT2D eigenvalue weighted by molar-refractivity contribution is 6.30. The fourth-order valence-electron chi connectivity index (χ4n) is 1.64. The van der Waals surface area contributed by atoms with E-state index in [-0.39, 0.29) is 11.9 Å². The van der Waals surface area contributed by atoms with Crippen LogP contribution in [0.25, 0.3) is 0 Å². The lowest BCUT2D eigenvalue weighted by molar-refractivity contribution is 0.593. The van der Waals surface area contributed by atoms with E-state index in [1.165, 1.54) is 6.07 Å². The number of halogens is 2. The van der Waals surface area contributed by atoms with Crippen molar-refractivity contribution in [3.8, 4) is 0 Å². The van der Waals surface area contributed by atoms with Gasteiger partial charge in [0.2, 0.25) is 0 Å². The number of pyridine rings is 1. The van der Waals surface area contributed by atoms with E-state index in [9.17, 15) is 4.39 Å². The molecule has 0 spiro atoms. The zero-order chi connectivity index (χ0) is 12.3. The second kappa shape index (κ2) is 5.25. The Morgan fingerprint density at radius 1 is 1.35 bits per heavy atom. The summed E-state index contributed by atoms with van der Waals surface area (Å²) in [5.74, 6) is -0.322. The minimum absolute atomic E-state index is 0.264. The molecule has 1 aromatic carbocycles. The number of benzene rings is 1. The fraction of sp³-hybridized carbons (Fsp3) is 0.154. The lowest BCUT2D eigenvalue weighted by Crippen LogP contribution is -2.14. The minimum Gasteiger partial charge on any atom is -0.324 e. The Kier molecular flexibility index (Phi) is 3.71. The van der Waals surface area contributed by atoms with Gasteiger partial charge in [0.25, 0.3) is 0 Å². The molecule has 0 fully saturated rings. The summed E-state index contributed by atoms with van der Waals surface area (Å²) in [4.78, 5) is 3.99. The molecule has 0 aliphatic rings. The number of hydrogen-bond acceptors (Lipinski definition) is 2. The molecule has 0 amide bonds. The summed E-state index contributed by atoms with van der Waals surface area (Å²) in [6.45, 7) is 0. The third kappa shape index (κ3) is 3.02. The van der Waals surface area contributed by atoms with E-state index in [4.69, 9.17) is 17.3 Å². The van der Waals surface area contributed by atoms with E-state index < -0.39 is 0 Å². The van der Waals surface area contributed by atoms with Crippen molar-refractivity contribution < 1.29 is 4.39 Å². The predicted octanol–water partition coefficient (Wildman–Crippen LogP) is 3.12. The molecule has 0 bridgehead atoms. The maximum atomic E-state index is 13.6. The van der Waals surface area contributed by atoms with Crippen LogP contribution in [0.15, 0.2) is 42.7 Å². The first-order valence-electron chi connectivity index (χ1n) is 5.26. The second-order valence-electron chi connectivity index (χ2n) is 3.83. The van der Waals surface area contributed by atoms with Crippen molar-refractivity contribution in [2.24, 2.45) is 5.73 Å². The number of nitrogens with two attached hydrogens (primary N) is 1. The first kappa shape index (κ1) is 12.0. The number of hydrogen-bond donors (Lipinski definition) is 1. The van der Waals surface area contributed by atoms with Gasteiger partial charge in [-0.15, -0.1) is 0 Å². The normalized spacial score (nSPS) is 12.4. The van der Waals surface area contributed by atoms with E-state index in [0.717, 1.165) is 5.56 Å². The van der Waals surface area contributed by atoms with E-state index in [2.05, 4.69) is 4.98 Å². The Labute approximate surface area is 104 Å². The Morgan fingerprint density at radius 3 is 2.82 bits per heavy atom. The van der Waals surface area contributed by atoms with Gasteiger partial charge in [-0.1, -0.05) is 23.7 Å². The molecule has 0 saturated heterocycles. The highest BCUT2D eigenvalue weighted by Gasteiger charge is 2.10. The summed E-state index contributed by atoms with van der Waals surface area (Å²) in [5.41, 5.74) is 7.45. The summed E-state index contributed by atoms with van der Waals surface area (Å²) in [5, 5.41) is 0.390. The molecule has 2 N–H and O–H groups in total. The van der Waals surface area contributed by atoms with Crippen molar-refractivity contribution in [2.75, 3.05) is 0 Å². The number of nitrogens with zero attached hydrogens (tertiary/aromatic N) is 1. The first-order chi connectivity index (χ1) is 8.16. The highest BCUT2D eigenvalue weighted by Crippen LogP contribution is 2.20. The third-order valence-electron chi connectivity index (χ3n) is 2.57. The molecule has 88 valence electrons. The van der Waals surface area contributed by atoms with Crippen LogP contribution in [0, 0.1) is 5.82 Å². The standard InChI is InChI=1S/C13H12ClFN2/c14-11-4-3-9(12(15)7-11)6-13(16)10-2-1-5-17-8-10/h1-5,7-8,13H,6,16H2. The van der Waals surface area contributed by atoms with E-state index in [0.29, 0.717) is 17.0 Å². The minimum atomic E-state index is -0.322. The Hall–Kier alpha value is -1.45. The topological polar surface area (TPSA) is 38.9 Å². The van der Waals surface area contributed by atoms with Crippen molar-refractivity contribution in [1.29, 1.82) is 0 Å². The Balaban J connectivity index is 2.16. The molecule has 2 rings (SSSR count). The van der Waals surface area contributed by atoms with Crippen LogP contribution in [0.5, 0.6) is 0 Å². The summed E-state index contributed by atoms with van der Waals surface area (Å²) >= 11 is 5.69. The highest BCUT2D eigenvalue weighted by atomic mass is 35.5. The van der Waals surface area contributed by atoms with Crippen LogP contribution in [0.1, 0.15) is 17.2 Å². The van der Waals surface area contributed by atoms with Gasteiger partial charge in [-0.25, -0.2) is 4.39 Å². The average Bonchev–Trinajstić information content (AvgIpc) is 2.34. The van der Waals surface area contributed by atoms with Gasteiger partial charge < -0.3 is 5.73 Å². The fourth-order valence-corrected chi connectivity index (χ4v) is 1.80. The van der Waals surface area contributed by atoms with Crippen LogP contribution in [0.3, 0.4) is 0 Å². The number of aromatic nitrogens is 1. The molecule has 2 nitrogen and oxygen atoms in total. The second-order valence-corrected chi connectivity index (χ2v) is 4.27. The molecular weight excluding hydrogens is 239 g/mol. The SMILES string of the molecule is NC(Cc1ccc(Cl)cc1F)c1cccnc1. The molecule has 1 unspecified atom stereocenters. The van der Waals surface area contributed by atoms with Crippen LogP contribution >= 0.6 is 11.6 Å². The Bertz CT molecular complexity index is 502. The van der Waals surface area contributed by atoms with Gasteiger partial charge in [0.15, 0.2) is 0 Å². The van der Waals surface area contributed by atoms with Gasteiger partial charge in [0, 0.05) is 23.5 Å². The van der Waals surface area contributed by atoms with Crippen LogP contribution in [0.2, 0.25) is 5.02 Å². The third-order valence-corrected chi connectivity index (χ3v) is 2.80. The van der Waals surface area contributed by atoms with E-state index >= 15 is 0 Å². The summed E-state index contributed by atoms with van der Waals surface area (Å²) in [6.07, 6.45) is 3.80. The first-order valence-corrected chi connectivity index (χ1v) is 5.64. The predicted molar refractivity (Wildman–Crippen MR) is 66.3 cm³/mol. The monoisotopic (exact) mass is 250 g/mol. The summed E-state index contributed by atoms with van der Waals surface area (Å²) in [6, 6.07) is 8.05. The average molecular weight is 251 g/mol. The van der Waals surface area contributed by atoms with Gasteiger partial charge in [0.05, 0.1) is 0 Å². The van der Waals surface area contributed by atoms with E-state index in [1.807, 2.05) is 12.1 Å². The van der Waals surface area contributed by atoms with E-state index in [1.54, 1.807) is 24.5 Å². The zero-order valence-electron chi connectivity index (χ0n) is 9.11. The molecule has 1 heterocycles. The molecule has 0 saturated carbocycles. The lowest BCUT2D eigenvalue weighted by Gasteiger charge is -2.12. The smallest absolute Gasteiger partial charge is 0.127 e. The van der Waals surface area contributed by atoms with Crippen molar-refractivity contribution >= 4 is 11.6 Å². The van der Waals surface area contributed by atoms with Crippen LogP contribution in [0.4, 0.5) is 4.39 Å². The largest absolute Gasteiger partial charge is 0.324 e. The summed E-state index contributed by atoms with van der Waals surface area (Å²) in [7, 11) is 0. The Morgan fingerprint density at radius 2 is 2.18 bits per heavy atom. The molecule has 1 atom stereocenters. The van der Waals surface area contributed by atoms with Gasteiger partial charge in [0.1, 0.15) is 5.82 Å². The summed E-state index contributed by atoms with van der Waals surface area (Å²) < 4.78 is 13.6. The molecule has 0 aliphatic carbocycles. The van der Waals surface area contributed by atoms with Gasteiger partial charge in [-0.05, 0) is 35.7 Å². The lowest BCUT2D eigenvalue weighted by atomic mass is 10.0. The molecule has 2 aromatic rings. The van der Waals surface area contributed by atoms with Crippen LogP contribution in [-0.2, 0) is 6.42 Å². The maximum absolute atomic E-state index is 13.6. The van der Waals surface area contributed by atoms with Gasteiger partial charge in [-0.3, -0.25) is 4.98 Å². The molecule has 0 radical (unpaired) electrons. The molecule has 1 aromatic heterocycles. The quantitative estimate of drug-likeness (QED) is 0.909. The molecule has 0 aliphatic heterocycles. The van der Waals surface area contributed by atoms with Crippen molar-refractivity contribution in [1.82, 2.24) is 4.98 Å². The zero-order valence-corrected chi connectivity index (χ0v) is 9.86. The van der Waals surface area contributed by atoms with Crippen molar-refractivity contribution in [2.45, 2.75) is 12.5 Å². The molecule has 4 heteroatoms. The van der Waals surface area contributed by atoms with Crippen LogP contribution < -0.4 is 5.73 Å².